The van der Waals surface area contributed by atoms with E-state index in [-0.39, 0.29) is 0 Å². The Hall–Kier alpha value is -2.41. The third kappa shape index (κ3) is 2.78. The number of nitrogen functional groups attached to an aromatic ring is 1. The molecule has 0 aliphatic heterocycles. The van der Waals surface area contributed by atoms with E-state index in [1.54, 1.807) is 16.8 Å². The molecule has 0 amide bonds. The zero-order chi connectivity index (χ0) is 17.6. The Balaban J connectivity index is 2.07. The van der Waals surface area contributed by atoms with Gasteiger partial charge in [0.05, 0.1) is 21.8 Å². The summed E-state index contributed by atoms with van der Waals surface area (Å²) in [6.45, 7) is 0. The van der Waals surface area contributed by atoms with E-state index >= 15 is 0 Å². The van der Waals surface area contributed by atoms with Crippen molar-refractivity contribution in [3.05, 3.63) is 63.3 Å². The van der Waals surface area contributed by atoms with Crippen LogP contribution in [0.3, 0.4) is 0 Å². The predicted molar refractivity (Wildman–Crippen MR) is 104 cm³/mol. The van der Waals surface area contributed by atoms with Gasteiger partial charge in [0.15, 0.2) is 16.2 Å². The molecule has 5 nitrogen and oxygen atoms in total. The molecule has 0 aliphatic carbocycles. The Labute approximate surface area is 158 Å². The number of benzene rings is 2. The summed E-state index contributed by atoms with van der Waals surface area (Å²) >= 11 is 17.7. The van der Waals surface area contributed by atoms with E-state index < -0.39 is 0 Å². The summed E-state index contributed by atoms with van der Waals surface area (Å²) in [4.78, 5) is 7.49. The van der Waals surface area contributed by atoms with Crippen molar-refractivity contribution in [2.45, 2.75) is 0 Å². The van der Waals surface area contributed by atoms with Crippen LogP contribution in [0.2, 0.25) is 10.0 Å². The maximum Gasteiger partial charge on any atom is 0.199 e. The van der Waals surface area contributed by atoms with Crippen molar-refractivity contribution in [2.75, 3.05) is 5.73 Å². The maximum absolute atomic E-state index is 6.37. The van der Waals surface area contributed by atoms with Gasteiger partial charge in [-0.2, -0.15) is 4.98 Å². The number of nitrogens with zero attached hydrogens (tertiary/aromatic N) is 3. The summed E-state index contributed by atoms with van der Waals surface area (Å²) in [6, 6.07) is 14.8. The minimum atomic E-state index is 0.311. The molecule has 3 N–H and O–H groups in total. The van der Waals surface area contributed by atoms with Crippen LogP contribution in [0.5, 0.6) is 0 Å². The van der Waals surface area contributed by atoms with Gasteiger partial charge < -0.3 is 10.7 Å². The molecule has 0 saturated carbocycles. The van der Waals surface area contributed by atoms with Crippen molar-refractivity contribution >= 4 is 52.3 Å². The highest BCUT2D eigenvalue weighted by molar-refractivity contribution is 7.71. The van der Waals surface area contributed by atoms with Gasteiger partial charge in [0.2, 0.25) is 0 Å². The number of halogens is 2. The number of nitrogens with two attached hydrogens (primary N) is 1. The number of fused-ring (bicyclic) bond motifs is 1. The first-order valence-electron chi connectivity index (χ1n) is 7.34. The standard InChI is InChI=1S/C17H11Cl2N5S/c18-9-6-7-11(12(19)8-9)14-13-15(20)23-24(10-4-2-1-3-5-10)16(13)22-17(25)21-14/h1-8H,(H2,20,23)(H,21,22,25). The van der Waals surface area contributed by atoms with E-state index in [0.29, 0.717) is 37.4 Å². The quantitative estimate of drug-likeness (QED) is 0.472. The molecule has 0 bridgehead atoms. The van der Waals surface area contributed by atoms with Gasteiger partial charge in [0.25, 0.3) is 0 Å². The molecule has 2 heterocycles. The fourth-order valence-corrected chi connectivity index (χ4v) is 3.40. The number of para-hydroxylation sites is 1. The topological polar surface area (TPSA) is 72.5 Å². The van der Waals surface area contributed by atoms with Crippen LogP contribution in [0, 0.1) is 4.77 Å². The van der Waals surface area contributed by atoms with Crippen LogP contribution in [0.15, 0.2) is 48.5 Å². The molecule has 25 heavy (non-hydrogen) atoms. The second-order valence-corrected chi connectivity index (χ2v) is 6.60. The Bertz CT molecular complexity index is 1150. The summed E-state index contributed by atoms with van der Waals surface area (Å²) in [5.41, 5.74) is 8.98. The number of H-pyrrole nitrogens is 1. The SMILES string of the molecule is Nc1nn(-c2ccccc2)c2nc(=S)[nH]c(-c3ccc(Cl)cc3Cl)c12. The van der Waals surface area contributed by atoms with Crippen molar-refractivity contribution in [2.24, 2.45) is 0 Å². The Kier molecular flexibility index (Phi) is 3.95. The fourth-order valence-electron chi connectivity index (χ4n) is 2.71. The van der Waals surface area contributed by atoms with Crippen molar-refractivity contribution in [3.63, 3.8) is 0 Å². The van der Waals surface area contributed by atoms with Crippen LogP contribution in [-0.4, -0.2) is 19.7 Å². The fraction of sp³-hybridized carbons (Fsp3) is 0. The highest BCUT2D eigenvalue weighted by atomic mass is 35.5. The molecule has 0 unspecified atom stereocenters. The van der Waals surface area contributed by atoms with Gasteiger partial charge in [-0.1, -0.05) is 41.4 Å². The van der Waals surface area contributed by atoms with Crippen LogP contribution < -0.4 is 5.73 Å². The summed E-state index contributed by atoms with van der Waals surface area (Å²) < 4.78 is 1.98. The smallest absolute Gasteiger partial charge is 0.199 e. The lowest BCUT2D eigenvalue weighted by atomic mass is 10.1. The van der Waals surface area contributed by atoms with Crippen molar-refractivity contribution in [1.82, 2.24) is 19.7 Å². The van der Waals surface area contributed by atoms with E-state index in [0.717, 1.165) is 11.3 Å². The molecule has 2 aromatic heterocycles. The van der Waals surface area contributed by atoms with Gasteiger partial charge in [-0.15, -0.1) is 5.10 Å². The average molecular weight is 388 g/mol. The largest absolute Gasteiger partial charge is 0.382 e. The monoisotopic (exact) mass is 387 g/mol. The highest BCUT2D eigenvalue weighted by Crippen LogP contribution is 2.35. The zero-order valence-electron chi connectivity index (χ0n) is 12.7. The van der Waals surface area contributed by atoms with E-state index in [2.05, 4.69) is 15.1 Å². The molecule has 0 saturated heterocycles. The van der Waals surface area contributed by atoms with E-state index in [1.165, 1.54) is 0 Å². The lowest BCUT2D eigenvalue weighted by molar-refractivity contribution is 0.899. The van der Waals surface area contributed by atoms with Crippen LogP contribution in [-0.2, 0) is 0 Å². The number of aromatic nitrogens is 4. The second-order valence-electron chi connectivity index (χ2n) is 5.37. The number of rotatable bonds is 2. The molecular weight excluding hydrogens is 377 g/mol. The molecule has 8 heteroatoms. The maximum atomic E-state index is 6.37. The van der Waals surface area contributed by atoms with E-state index in [9.17, 15) is 0 Å². The third-order valence-electron chi connectivity index (χ3n) is 3.78. The minimum absolute atomic E-state index is 0.311. The highest BCUT2D eigenvalue weighted by Gasteiger charge is 2.18. The number of hydrogen-bond donors (Lipinski definition) is 2. The first kappa shape index (κ1) is 16.1. The van der Waals surface area contributed by atoms with Gasteiger partial charge in [-0.25, -0.2) is 4.68 Å². The first-order chi connectivity index (χ1) is 12.0. The van der Waals surface area contributed by atoms with Gasteiger partial charge >= 0.3 is 0 Å². The molecule has 0 fully saturated rings. The minimum Gasteiger partial charge on any atom is -0.382 e. The van der Waals surface area contributed by atoms with Crippen LogP contribution in [0.1, 0.15) is 0 Å². The number of nitrogens with one attached hydrogen (secondary N) is 1. The Morgan fingerprint density at radius 1 is 1.08 bits per heavy atom. The normalized spacial score (nSPS) is 11.1. The molecular formula is C17H11Cl2N5S. The molecule has 4 aromatic rings. The summed E-state index contributed by atoms with van der Waals surface area (Å²) in [7, 11) is 0. The number of aromatic amines is 1. The number of anilines is 1. The van der Waals surface area contributed by atoms with E-state index in [4.69, 9.17) is 41.2 Å². The predicted octanol–water partition coefficient (Wildman–Crippen LogP) is 5.03. The molecule has 0 atom stereocenters. The van der Waals surface area contributed by atoms with Crippen molar-refractivity contribution < 1.29 is 0 Å². The Morgan fingerprint density at radius 3 is 2.56 bits per heavy atom. The summed E-state index contributed by atoms with van der Waals surface area (Å²) in [5.74, 6) is 0.332. The molecule has 2 aromatic carbocycles. The number of hydrogen-bond acceptors (Lipinski definition) is 4. The molecule has 0 radical (unpaired) electrons. The lowest BCUT2D eigenvalue weighted by Gasteiger charge is -2.08. The van der Waals surface area contributed by atoms with E-state index in [1.807, 2.05) is 36.4 Å². The molecule has 0 spiro atoms. The summed E-state index contributed by atoms with van der Waals surface area (Å²) in [6.07, 6.45) is 0. The molecule has 0 aliphatic rings. The van der Waals surface area contributed by atoms with Gasteiger partial charge in [0, 0.05) is 10.6 Å². The van der Waals surface area contributed by atoms with Gasteiger partial charge in [-0.3, -0.25) is 0 Å². The second kappa shape index (κ2) is 6.15. The van der Waals surface area contributed by atoms with Gasteiger partial charge in [0.1, 0.15) is 0 Å². The van der Waals surface area contributed by atoms with Crippen LogP contribution in [0.25, 0.3) is 28.0 Å². The van der Waals surface area contributed by atoms with Crippen LogP contribution in [0.4, 0.5) is 5.82 Å². The summed E-state index contributed by atoms with van der Waals surface area (Å²) in [5, 5.41) is 6.12. The van der Waals surface area contributed by atoms with Crippen molar-refractivity contribution in [1.29, 1.82) is 0 Å². The van der Waals surface area contributed by atoms with Crippen LogP contribution >= 0.6 is 35.4 Å². The average Bonchev–Trinajstić information content (AvgIpc) is 2.92. The Morgan fingerprint density at radius 2 is 1.84 bits per heavy atom. The van der Waals surface area contributed by atoms with Gasteiger partial charge in [-0.05, 0) is 42.5 Å². The lowest BCUT2D eigenvalue weighted by Crippen LogP contribution is -1.99. The molecule has 124 valence electrons. The van der Waals surface area contributed by atoms with Crippen molar-refractivity contribution in [3.8, 4) is 16.9 Å². The third-order valence-corrected chi connectivity index (χ3v) is 4.52. The zero-order valence-corrected chi connectivity index (χ0v) is 15.0. The molecule has 4 rings (SSSR count). The first-order valence-corrected chi connectivity index (χ1v) is 8.50.